The van der Waals surface area contributed by atoms with Crippen LogP contribution in [0.5, 0.6) is 0 Å². The quantitative estimate of drug-likeness (QED) is 0.812. The largest absolute Gasteiger partial charge is 0.354 e. The zero-order valence-electron chi connectivity index (χ0n) is 9.07. The Morgan fingerprint density at radius 1 is 1.29 bits per heavy atom. The molecule has 0 saturated heterocycles. The molecule has 0 spiro atoms. The lowest BCUT2D eigenvalue weighted by Crippen LogP contribution is -2.26. The van der Waals surface area contributed by atoms with E-state index in [4.69, 9.17) is 11.6 Å². The molecule has 0 fully saturated rings. The number of hydrogen-bond donors (Lipinski definition) is 2. The summed E-state index contributed by atoms with van der Waals surface area (Å²) in [6.07, 6.45) is 1.76. The Balaban J connectivity index is 2.07. The van der Waals surface area contributed by atoms with Gasteiger partial charge >= 0.3 is 0 Å². The lowest BCUT2D eigenvalue weighted by atomic mass is 10.2. The number of halogens is 1. The number of aromatic nitrogens is 1. The molecule has 0 unspecified atom stereocenters. The Kier molecular flexibility index (Phi) is 2.57. The van der Waals surface area contributed by atoms with Crippen LogP contribution in [0.1, 0.15) is 0 Å². The number of hydrogen-bond acceptors (Lipinski definition) is 4. The molecule has 0 saturated carbocycles. The molecule has 1 aromatic carbocycles. The summed E-state index contributed by atoms with van der Waals surface area (Å²) in [6, 6.07) is 7.62. The molecule has 0 aliphatic carbocycles. The average Bonchev–Trinajstić information content (AvgIpc) is 2.86. The van der Waals surface area contributed by atoms with Crippen molar-refractivity contribution in [3.8, 4) is 0 Å². The van der Waals surface area contributed by atoms with Crippen LogP contribution in [-0.2, 0) is 0 Å². The number of fused-ring (bicyclic) bond motifs is 1. The van der Waals surface area contributed by atoms with Gasteiger partial charge in [-0.3, -0.25) is 9.98 Å². The molecule has 0 amide bonds. The number of nitrogens with one attached hydrogen (secondary N) is 2. The number of benzene rings is 1. The van der Waals surface area contributed by atoms with E-state index in [0.29, 0.717) is 5.02 Å². The minimum atomic E-state index is 0.708. The molecule has 2 heterocycles. The molecule has 5 heteroatoms. The Hall–Kier alpha value is -1.81. The van der Waals surface area contributed by atoms with Crippen molar-refractivity contribution in [1.29, 1.82) is 0 Å². The third-order valence-corrected chi connectivity index (χ3v) is 2.97. The van der Waals surface area contributed by atoms with Gasteiger partial charge in [-0.15, -0.1) is 0 Å². The highest BCUT2D eigenvalue weighted by atomic mass is 35.5. The van der Waals surface area contributed by atoms with Gasteiger partial charge in [-0.1, -0.05) is 11.6 Å². The van der Waals surface area contributed by atoms with Crippen molar-refractivity contribution in [2.45, 2.75) is 0 Å². The van der Waals surface area contributed by atoms with E-state index in [2.05, 4.69) is 20.6 Å². The number of nitrogens with zero attached hydrogens (tertiary/aromatic N) is 2. The second kappa shape index (κ2) is 4.22. The highest BCUT2D eigenvalue weighted by Gasteiger charge is 2.09. The topological polar surface area (TPSA) is 49.3 Å². The SMILES string of the molecule is Clc1ccc(NC2=NCCN2)c2ncccc12. The average molecular weight is 247 g/mol. The molecule has 86 valence electrons. The van der Waals surface area contributed by atoms with Gasteiger partial charge in [0.25, 0.3) is 0 Å². The first-order chi connectivity index (χ1) is 8.34. The van der Waals surface area contributed by atoms with E-state index in [1.165, 1.54) is 0 Å². The van der Waals surface area contributed by atoms with E-state index in [0.717, 1.165) is 35.6 Å². The fourth-order valence-electron chi connectivity index (χ4n) is 1.85. The normalized spacial score (nSPS) is 14.5. The van der Waals surface area contributed by atoms with E-state index in [-0.39, 0.29) is 0 Å². The summed E-state index contributed by atoms with van der Waals surface area (Å²) in [5.74, 6) is 0.791. The van der Waals surface area contributed by atoms with Crippen molar-refractivity contribution in [2.24, 2.45) is 4.99 Å². The summed E-state index contributed by atoms with van der Waals surface area (Å²) in [5, 5.41) is 8.04. The summed E-state index contributed by atoms with van der Waals surface area (Å²) >= 11 is 6.13. The first-order valence-electron chi connectivity index (χ1n) is 5.43. The Morgan fingerprint density at radius 2 is 2.24 bits per heavy atom. The van der Waals surface area contributed by atoms with Crippen LogP contribution in [0.25, 0.3) is 10.9 Å². The lowest BCUT2D eigenvalue weighted by Gasteiger charge is -2.09. The molecular weight excluding hydrogens is 236 g/mol. The van der Waals surface area contributed by atoms with Gasteiger partial charge in [0.15, 0.2) is 5.96 Å². The molecule has 0 atom stereocenters. The summed E-state index contributed by atoms with van der Waals surface area (Å²) < 4.78 is 0. The molecule has 17 heavy (non-hydrogen) atoms. The summed E-state index contributed by atoms with van der Waals surface area (Å²) in [4.78, 5) is 8.65. The number of rotatable bonds is 1. The van der Waals surface area contributed by atoms with Gasteiger partial charge in [0.1, 0.15) is 0 Å². The number of aliphatic imine (C=N–C) groups is 1. The Bertz CT molecular complexity index is 594. The third kappa shape index (κ3) is 1.91. The van der Waals surface area contributed by atoms with Crippen LogP contribution in [0.2, 0.25) is 5.02 Å². The van der Waals surface area contributed by atoms with Crippen LogP contribution in [0.4, 0.5) is 5.69 Å². The smallest absolute Gasteiger partial charge is 0.195 e. The van der Waals surface area contributed by atoms with Gasteiger partial charge in [-0.25, -0.2) is 0 Å². The van der Waals surface area contributed by atoms with Crippen molar-refractivity contribution < 1.29 is 0 Å². The van der Waals surface area contributed by atoms with Crippen molar-refractivity contribution in [3.05, 3.63) is 35.5 Å². The summed E-state index contributed by atoms with van der Waals surface area (Å²) in [7, 11) is 0. The zero-order chi connectivity index (χ0) is 11.7. The van der Waals surface area contributed by atoms with Crippen LogP contribution < -0.4 is 10.6 Å². The van der Waals surface area contributed by atoms with Gasteiger partial charge in [-0.05, 0) is 24.3 Å². The van der Waals surface area contributed by atoms with Gasteiger partial charge in [0.2, 0.25) is 0 Å². The highest BCUT2D eigenvalue weighted by molar-refractivity contribution is 6.35. The molecule has 0 radical (unpaired) electrons. The Labute approximate surface area is 104 Å². The predicted molar refractivity (Wildman–Crippen MR) is 70.7 cm³/mol. The number of anilines is 1. The van der Waals surface area contributed by atoms with Gasteiger partial charge < -0.3 is 10.6 Å². The fourth-order valence-corrected chi connectivity index (χ4v) is 2.06. The minimum Gasteiger partial charge on any atom is -0.354 e. The molecule has 1 aliphatic rings. The third-order valence-electron chi connectivity index (χ3n) is 2.64. The Morgan fingerprint density at radius 3 is 3.06 bits per heavy atom. The molecule has 2 N–H and O–H groups in total. The maximum absolute atomic E-state index is 6.13. The molecule has 1 aliphatic heterocycles. The first kappa shape index (κ1) is 10.4. The monoisotopic (exact) mass is 246 g/mol. The van der Waals surface area contributed by atoms with Gasteiger partial charge in [0.05, 0.1) is 22.8 Å². The standard InChI is InChI=1S/C12H11ClN4/c13-9-3-4-10(17-12-15-6-7-16-12)11-8(9)2-1-5-14-11/h1-5H,6-7H2,(H2,15,16,17). The molecular formula is C12H11ClN4. The van der Waals surface area contributed by atoms with Crippen LogP contribution in [0, 0.1) is 0 Å². The van der Waals surface area contributed by atoms with E-state index in [9.17, 15) is 0 Å². The highest BCUT2D eigenvalue weighted by Crippen LogP contribution is 2.27. The van der Waals surface area contributed by atoms with Gasteiger partial charge in [-0.2, -0.15) is 0 Å². The molecule has 4 nitrogen and oxygen atoms in total. The van der Waals surface area contributed by atoms with Crippen molar-refractivity contribution >= 4 is 34.2 Å². The maximum Gasteiger partial charge on any atom is 0.195 e. The molecule has 1 aromatic heterocycles. The van der Waals surface area contributed by atoms with E-state index in [1.807, 2.05) is 24.3 Å². The number of pyridine rings is 1. The summed E-state index contributed by atoms with van der Waals surface area (Å²) in [5.41, 5.74) is 1.77. The van der Waals surface area contributed by atoms with Crippen LogP contribution in [0.3, 0.4) is 0 Å². The molecule has 3 rings (SSSR count). The number of guanidine groups is 1. The second-order valence-electron chi connectivity index (χ2n) is 3.78. The van der Waals surface area contributed by atoms with Crippen LogP contribution >= 0.6 is 11.6 Å². The second-order valence-corrected chi connectivity index (χ2v) is 4.18. The van der Waals surface area contributed by atoms with Crippen LogP contribution in [-0.4, -0.2) is 24.0 Å². The van der Waals surface area contributed by atoms with Crippen molar-refractivity contribution in [3.63, 3.8) is 0 Å². The maximum atomic E-state index is 6.13. The summed E-state index contributed by atoms with van der Waals surface area (Å²) in [6.45, 7) is 1.68. The fraction of sp³-hybridized carbons (Fsp3) is 0.167. The minimum absolute atomic E-state index is 0.708. The first-order valence-corrected chi connectivity index (χ1v) is 5.81. The lowest BCUT2D eigenvalue weighted by molar-refractivity contribution is 0.959. The molecule has 2 aromatic rings. The van der Waals surface area contributed by atoms with Crippen molar-refractivity contribution in [1.82, 2.24) is 10.3 Å². The van der Waals surface area contributed by atoms with Gasteiger partial charge in [0, 0.05) is 18.1 Å². The zero-order valence-corrected chi connectivity index (χ0v) is 9.83. The van der Waals surface area contributed by atoms with E-state index in [1.54, 1.807) is 6.20 Å². The van der Waals surface area contributed by atoms with Crippen LogP contribution in [0.15, 0.2) is 35.5 Å². The predicted octanol–water partition coefficient (Wildman–Crippen LogP) is 2.26. The van der Waals surface area contributed by atoms with E-state index >= 15 is 0 Å². The van der Waals surface area contributed by atoms with Crippen molar-refractivity contribution in [2.75, 3.05) is 18.4 Å². The van der Waals surface area contributed by atoms with E-state index < -0.39 is 0 Å². The molecule has 0 bridgehead atoms.